The molecule has 3 rings (SSSR count). The zero-order chi connectivity index (χ0) is 17.3. The third kappa shape index (κ3) is 3.90. The van der Waals surface area contributed by atoms with Crippen molar-refractivity contribution in [2.24, 2.45) is 7.05 Å². The van der Waals surface area contributed by atoms with Gasteiger partial charge in [-0.25, -0.2) is 4.31 Å². The molecule has 0 amide bonds. The van der Waals surface area contributed by atoms with E-state index < -0.39 is 0 Å². The van der Waals surface area contributed by atoms with Gasteiger partial charge in [-0.2, -0.15) is 5.10 Å². The molecule has 0 radical (unpaired) electrons. The standard InChI is InChI=1S/C18H24ClN3OS/c1-12-11-17(23-16-7-5-15(19)6-8-16)9-10-22(12)24-18-13(2)20-21(4)14(18)3/h5-8,12,17H,9-11H2,1-4H3. The number of halogens is 1. The van der Waals surface area contributed by atoms with Gasteiger partial charge in [0.15, 0.2) is 0 Å². The first-order valence-electron chi connectivity index (χ1n) is 8.31. The zero-order valence-electron chi connectivity index (χ0n) is 14.6. The molecule has 130 valence electrons. The van der Waals surface area contributed by atoms with E-state index in [2.05, 4.69) is 30.2 Å². The summed E-state index contributed by atoms with van der Waals surface area (Å²) in [6, 6.07) is 8.09. The minimum atomic E-state index is 0.258. The van der Waals surface area contributed by atoms with Gasteiger partial charge < -0.3 is 4.74 Å². The van der Waals surface area contributed by atoms with E-state index >= 15 is 0 Å². The first-order chi connectivity index (χ1) is 11.4. The Hall–Kier alpha value is -1.17. The molecular weight excluding hydrogens is 342 g/mol. The molecule has 1 aromatic heterocycles. The van der Waals surface area contributed by atoms with Crippen LogP contribution in [0.2, 0.25) is 5.02 Å². The van der Waals surface area contributed by atoms with Crippen LogP contribution in [0.3, 0.4) is 0 Å². The molecule has 1 aliphatic heterocycles. The van der Waals surface area contributed by atoms with Gasteiger partial charge in [0, 0.05) is 31.1 Å². The van der Waals surface area contributed by atoms with E-state index in [4.69, 9.17) is 16.3 Å². The molecule has 1 aromatic carbocycles. The molecule has 0 N–H and O–H groups in total. The summed E-state index contributed by atoms with van der Waals surface area (Å²) >= 11 is 7.76. The summed E-state index contributed by atoms with van der Waals surface area (Å²) in [4.78, 5) is 1.28. The van der Waals surface area contributed by atoms with Crippen molar-refractivity contribution >= 4 is 23.5 Å². The van der Waals surface area contributed by atoms with Crippen LogP contribution in [0.15, 0.2) is 29.2 Å². The van der Waals surface area contributed by atoms with Crippen LogP contribution in [0.4, 0.5) is 0 Å². The van der Waals surface area contributed by atoms with Gasteiger partial charge in [-0.3, -0.25) is 4.68 Å². The molecule has 1 fully saturated rings. The number of nitrogens with zero attached hydrogens (tertiary/aromatic N) is 3. The summed E-state index contributed by atoms with van der Waals surface area (Å²) in [5.41, 5.74) is 2.33. The van der Waals surface area contributed by atoms with Crippen LogP contribution >= 0.6 is 23.5 Å². The van der Waals surface area contributed by atoms with Crippen molar-refractivity contribution in [3.8, 4) is 5.75 Å². The number of piperidine rings is 1. The van der Waals surface area contributed by atoms with Gasteiger partial charge in [-0.15, -0.1) is 0 Å². The Bertz CT molecular complexity index is 701. The van der Waals surface area contributed by atoms with E-state index in [-0.39, 0.29) is 6.10 Å². The minimum Gasteiger partial charge on any atom is -0.490 e. The lowest BCUT2D eigenvalue weighted by molar-refractivity contribution is 0.111. The maximum absolute atomic E-state index is 6.12. The van der Waals surface area contributed by atoms with Crippen molar-refractivity contribution in [1.82, 2.24) is 14.1 Å². The summed E-state index contributed by atoms with van der Waals surface area (Å²) in [5.74, 6) is 0.900. The quantitative estimate of drug-likeness (QED) is 0.739. The lowest BCUT2D eigenvalue weighted by Gasteiger charge is -2.36. The molecule has 0 aliphatic carbocycles. The van der Waals surface area contributed by atoms with Crippen molar-refractivity contribution in [1.29, 1.82) is 0 Å². The van der Waals surface area contributed by atoms with Crippen LogP contribution in [-0.2, 0) is 7.05 Å². The molecule has 0 bridgehead atoms. The predicted molar refractivity (Wildman–Crippen MR) is 99.8 cm³/mol. The van der Waals surface area contributed by atoms with Gasteiger partial charge in [0.25, 0.3) is 0 Å². The molecule has 2 atom stereocenters. The Morgan fingerprint density at radius 1 is 1.25 bits per heavy atom. The largest absolute Gasteiger partial charge is 0.490 e. The Morgan fingerprint density at radius 2 is 1.96 bits per heavy atom. The molecule has 4 nitrogen and oxygen atoms in total. The number of aromatic nitrogens is 2. The Kier molecular flexibility index (Phi) is 5.42. The van der Waals surface area contributed by atoms with Crippen LogP contribution in [0.25, 0.3) is 0 Å². The average molecular weight is 366 g/mol. The fraction of sp³-hybridized carbons (Fsp3) is 0.500. The van der Waals surface area contributed by atoms with Gasteiger partial charge in [0.05, 0.1) is 16.3 Å². The molecule has 24 heavy (non-hydrogen) atoms. The second-order valence-electron chi connectivity index (χ2n) is 6.42. The molecule has 2 heterocycles. The van der Waals surface area contributed by atoms with Crippen molar-refractivity contribution in [2.75, 3.05) is 6.54 Å². The summed E-state index contributed by atoms with van der Waals surface area (Å²) in [6.07, 6.45) is 2.31. The van der Waals surface area contributed by atoms with Crippen LogP contribution in [-0.4, -0.2) is 32.8 Å². The molecule has 1 saturated heterocycles. The van der Waals surface area contributed by atoms with E-state index in [1.165, 1.54) is 10.6 Å². The summed E-state index contributed by atoms with van der Waals surface area (Å²) in [5, 5.41) is 5.25. The van der Waals surface area contributed by atoms with Gasteiger partial charge in [-0.05, 0) is 63.4 Å². The highest BCUT2D eigenvalue weighted by molar-refractivity contribution is 7.97. The molecule has 2 unspecified atom stereocenters. The fourth-order valence-corrected chi connectivity index (χ4v) is 4.32. The summed E-state index contributed by atoms with van der Waals surface area (Å²) in [6.45, 7) is 7.49. The molecule has 6 heteroatoms. The third-order valence-electron chi connectivity index (χ3n) is 4.53. The Labute approximate surface area is 153 Å². The average Bonchev–Trinajstić information content (AvgIpc) is 2.78. The zero-order valence-corrected chi connectivity index (χ0v) is 16.2. The summed E-state index contributed by atoms with van der Waals surface area (Å²) < 4.78 is 10.5. The first-order valence-corrected chi connectivity index (χ1v) is 9.46. The van der Waals surface area contributed by atoms with Crippen molar-refractivity contribution in [2.45, 2.75) is 50.7 Å². The van der Waals surface area contributed by atoms with Crippen molar-refractivity contribution in [3.63, 3.8) is 0 Å². The van der Waals surface area contributed by atoms with Gasteiger partial charge in [0.1, 0.15) is 11.9 Å². The maximum atomic E-state index is 6.12. The van der Waals surface area contributed by atoms with Crippen LogP contribution < -0.4 is 4.74 Å². The first kappa shape index (κ1) is 17.6. The molecular formula is C18H24ClN3OS. The van der Waals surface area contributed by atoms with E-state index in [9.17, 15) is 0 Å². The fourth-order valence-electron chi connectivity index (χ4n) is 3.06. The SMILES string of the molecule is Cc1nn(C)c(C)c1SN1CCC(Oc2ccc(Cl)cc2)CC1C. The number of hydrogen-bond donors (Lipinski definition) is 0. The molecule has 0 spiro atoms. The predicted octanol–water partition coefficient (Wildman–Crippen LogP) is 4.63. The van der Waals surface area contributed by atoms with Crippen LogP contribution in [0.1, 0.15) is 31.2 Å². The van der Waals surface area contributed by atoms with Gasteiger partial charge in [0.2, 0.25) is 0 Å². The van der Waals surface area contributed by atoms with Gasteiger partial charge >= 0.3 is 0 Å². The normalized spacial score (nSPS) is 21.9. The summed E-state index contributed by atoms with van der Waals surface area (Å²) in [7, 11) is 2.00. The third-order valence-corrected chi connectivity index (χ3v) is 6.34. The highest BCUT2D eigenvalue weighted by atomic mass is 35.5. The monoisotopic (exact) mass is 365 g/mol. The van der Waals surface area contributed by atoms with Crippen LogP contribution in [0, 0.1) is 13.8 Å². The lowest BCUT2D eigenvalue weighted by Crippen LogP contribution is -2.40. The number of rotatable bonds is 4. The smallest absolute Gasteiger partial charge is 0.119 e. The van der Waals surface area contributed by atoms with E-state index in [1.807, 2.05) is 47.9 Å². The second kappa shape index (κ2) is 7.38. The number of aryl methyl sites for hydroxylation is 2. The highest BCUT2D eigenvalue weighted by Gasteiger charge is 2.28. The topological polar surface area (TPSA) is 30.3 Å². The van der Waals surface area contributed by atoms with Gasteiger partial charge in [-0.1, -0.05) is 11.6 Å². The Morgan fingerprint density at radius 3 is 2.54 bits per heavy atom. The van der Waals surface area contributed by atoms with E-state index in [1.54, 1.807) is 0 Å². The highest BCUT2D eigenvalue weighted by Crippen LogP contribution is 2.34. The van der Waals surface area contributed by atoms with E-state index in [0.29, 0.717) is 6.04 Å². The molecule has 0 saturated carbocycles. The maximum Gasteiger partial charge on any atom is 0.119 e. The second-order valence-corrected chi connectivity index (χ2v) is 7.92. The van der Waals surface area contributed by atoms with Crippen molar-refractivity contribution in [3.05, 3.63) is 40.7 Å². The molecule has 1 aliphatic rings. The minimum absolute atomic E-state index is 0.258. The molecule has 2 aromatic rings. The number of hydrogen-bond acceptors (Lipinski definition) is 4. The van der Waals surface area contributed by atoms with E-state index in [0.717, 1.165) is 35.9 Å². The lowest BCUT2D eigenvalue weighted by atomic mass is 10.0. The van der Waals surface area contributed by atoms with Crippen molar-refractivity contribution < 1.29 is 4.74 Å². The van der Waals surface area contributed by atoms with Crippen LogP contribution in [0.5, 0.6) is 5.75 Å². The number of ether oxygens (including phenoxy) is 1. The Balaban J connectivity index is 1.60. The number of benzene rings is 1.